The third kappa shape index (κ3) is 4.71. The number of hydrogen-bond donors (Lipinski definition) is 1. The molecule has 0 spiro atoms. The molecule has 0 saturated heterocycles. The predicted molar refractivity (Wildman–Crippen MR) is 114 cm³/mol. The summed E-state index contributed by atoms with van der Waals surface area (Å²) < 4.78 is 29.0. The minimum Gasteiger partial charge on any atom is -0.382 e. The molecule has 2 heterocycles. The average Bonchev–Trinajstić information content (AvgIpc) is 3.42. The van der Waals surface area contributed by atoms with Crippen LogP contribution in [0.25, 0.3) is 11.0 Å². The summed E-state index contributed by atoms with van der Waals surface area (Å²) in [5, 5.41) is 0. The lowest BCUT2D eigenvalue weighted by Crippen LogP contribution is -2.06. The first-order valence-corrected chi connectivity index (χ1v) is 11.2. The summed E-state index contributed by atoms with van der Waals surface area (Å²) in [6.07, 6.45) is 8.45. The third-order valence-electron chi connectivity index (χ3n) is 5.41. The van der Waals surface area contributed by atoms with Crippen LogP contribution in [-0.4, -0.2) is 20.3 Å². The molecule has 0 amide bonds. The molecule has 7 heteroatoms. The van der Waals surface area contributed by atoms with Crippen molar-refractivity contribution in [3.63, 3.8) is 0 Å². The Bertz CT molecular complexity index is 1010. The van der Waals surface area contributed by atoms with Crippen LogP contribution >= 0.6 is 11.8 Å². The molecule has 4 rings (SSSR count). The molecule has 0 unspecified atom stereocenters. The van der Waals surface area contributed by atoms with Gasteiger partial charge in [-0.3, -0.25) is 0 Å². The second-order valence-electron chi connectivity index (χ2n) is 7.83. The standard InChI is InChI=1S/C22H26F2N4S/c1-14-13-26-22(25)20-21(14)28(19(27-20)11-15-5-6-15)9-3-2-4-10-29-18-8-7-16(23)12-17(18)24/h7-8,12-13,15H,2-6,9-11H2,1H3,(H2,25,26). The SMILES string of the molecule is Cc1cnc(N)c2nc(CC3CC3)n(CCCCCSc3ccc(F)cc3F)c12. The highest BCUT2D eigenvalue weighted by Gasteiger charge is 2.25. The van der Waals surface area contributed by atoms with E-state index in [-0.39, 0.29) is 0 Å². The van der Waals surface area contributed by atoms with Gasteiger partial charge in [-0.25, -0.2) is 18.7 Å². The van der Waals surface area contributed by atoms with Crippen molar-refractivity contribution in [3.8, 4) is 0 Å². The maximum absolute atomic E-state index is 13.7. The van der Waals surface area contributed by atoms with Crippen LogP contribution in [0.15, 0.2) is 29.3 Å². The van der Waals surface area contributed by atoms with Crippen LogP contribution in [0, 0.1) is 24.5 Å². The van der Waals surface area contributed by atoms with Gasteiger partial charge in [0.1, 0.15) is 23.0 Å². The Morgan fingerprint density at radius 3 is 2.79 bits per heavy atom. The summed E-state index contributed by atoms with van der Waals surface area (Å²) in [6.45, 7) is 2.96. The molecule has 3 aromatic rings. The van der Waals surface area contributed by atoms with Crippen LogP contribution in [0.4, 0.5) is 14.6 Å². The number of anilines is 1. The lowest BCUT2D eigenvalue weighted by Gasteiger charge is -2.11. The number of rotatable bonds is 9. The summed E-state index contributed by atoms with van der Waals surface area (Å²) in [7, 11) is 0. The topological polar surface area (TPSA) is 56.7 Å². The Labute approximate surface area is 173 Å². The van der Waals surface area contributed by atoms with E-state index in [0.717, 1.165) is 72.4 Å². The molecule has 0 bridgehead atoms. The van der Waals surface area contributed by atoms with Crippen LogP contribution in [-0.2, 0) is 13.0 Å². The number of hydrogen-bond acceptors (Lipinski definition) is 4. The third-order valence-corrected chi connectivity index (χ3v) is 6.54. The smallest absolute Gasteiger partial charge is 0.151 e. The van der Waals surface area contributed by atoms with Gasteiger partial charge in [0.05, 0.1) is 5.52 Å². The maximum atomic E-state index is 13.7. The monoisotopic (exact) mass is 416 g/mol. The lowest BCUT2D eigenvalue weighted by atomic mass is 10.2. The molecule has 154 valence electrons. The quantitative estimate of drug-likeness (QED) is 0.369. The van der Waals surface area contributed by atoms with E-state index in [1.807, 2.05) is 6.20 Å². The van der Waals surface area contributed by atoms with Crippen molar-refractivity contribution in [2.45, 2.75) is 56.9 Å². The normalized spacial score (nSPS) is 14.0. The zero-order chi connectivity index (χ0) is 20.4. The lowest BCUT2D eigenvalue weighted by molar-refractivity contribution is 0.565. The molecule has 2 N–H and O–H groups in total. The molecule has 1 fully saturated rings. The Hall–Kier alpha value is -2.15. The molecule has 2 aromatic heterocycles. The molecule has 1 saturated carbocycles. The highest BCUT2D eigenvalue weighted by molar-refractivity contribution is 7.99. The zero-order valence-electron chi connectivity index (χ0n) is 16.6. The number of pyridine rings is 1. The summed E-state index contributed by atoms with van der Waals surface area (Å²) in [6, 6.07) is 3.76. The van der Waals surface area contributed by atoms with Gasteiger partial charge >= 0.3 is 0 Å². The fourth-order valence-corrected chi connectivity index (χ4v) is 4.60. The number of fused-ring (bicyclic) bond motifs is 1. The Kier molecular flexibility index (Phi) is 6.04. The summed E-state index contributed by atoms with van der Waals surface area (Å²) in [5.41, 5.74) is 9.11. The number of benzene rings is 1. The number of thioether (sulfide) groups is 1. The van der Waals surface area contributed by atoms with Crippen molar-refractivity contribution >= 4 is 28.6 Å². The van der Waals surface area contributed by atoms with E-state index >= 15 is 0 Å². The highest BCUT2D eigenvalue weighted by atomic mass is 32.2. The van der Waals surface area contributed by atoms with Crippen LogP contribution in [0.1, 0.15) is 43.5 Å². The number of nitrogens with zero attached hydrogens (tertiary/aromatic N) is 3. The van der Waals surface area contributed by atoms with E-state index in [1.165, 1.54) is 36.7 Å². The average molecular weight is 417 g/mol. The number of imidazole rings is 1. The van der Waals surface area contributed by atoms with Crippen molar-refractivity contribution in [1.29, 1.82) is 0 Å². The van der Waals surface area contributed by atoms with E-state index in [2.05, 4.69) is 16.5 Å². The first kappa shape index (κ1) is 20.1. The van der Waals surface area contributed by atoms with E-state index in [4.69, 9.17) is 10.7 Å². The molecule has 29 heavy (non-hydrogen) atoms. The van der Waals surface area contributed by atoms with Crippen LogP contribution < -0.4 is 5.73 Å². The second kappa shape index (κ2) is 8.69. The Morgan fingerprint density at radius 2 is 2.03 bits per heavy atom. The molecule has 1 aromatic carbocycles. The van der Waals surface area contributed by atoms with Crippen molar-refractivity contribution in [1.82, 2.24) is 14.5 Å². The number of aromatic nitrogens is 3. The van der Waals surface area contributed by atoms with Gasteiger partial charge in [0.2, 0.25) is 0 Å². The van der Waals surface area contributed by atoms with Gasteiger partial charge in [0.15, 0.2) is 5.82 Å². The largest absolute Gasteiger partial charge is 0.382 e. The minimum absolute atomic E-state index is 0.480. The van der Waals surface area contributed by atoms with Gasteiger partial charge in [0, 0.05) is 30.1 Å². The second-order valence-corrected chi connectivity index (χ2v) is 8.97. The van der Waals surface area contributed by atoms with Gasteiger partial charge in [-0.15, -0.1) is 11.8 Å². The van der Waals surface area contributed by atoms with Crippen molar-refractivity contribution < 1.29 is 8.78 Å². The summed E-state index contributed by atoms with van der Waals surface area (Å²) >= 11 is 1.44. The number of nitrogen functional groups attached to an aromatic ring is 1. The summed E-state index contributed by atoms with van der Waals surface area (Å²) in [4.78, 5) is 9.60. The van der Waals surface area contributed by atoms with Gasteiger partial charge in [0.25, 0.3) is 0 Å². The van der Waals surface area contributed by atoms with Gasteiger partial charge in [-0.2, -0.15) is 0 Å². The van der Waals surface area contributed by atoms with Crippen molar-refractivity contribution in [2.75, 3.05) is 11.5 Å². The predicted octanol–water partition coefficient (Wildman–Crippen LogP) is 5.52. The first-order valence-electron chi connectivity index (χ1n) is 10.2. The van der Waals surface area contributed by atoms with Gasteiger partial charge < -0.3 is 10.3 Å². The number of halogens is 2. The fraction of sp³-hybridized carbons (Fsp3) is 0.455. The van der Waals surface area contributed by atoms with Crippen LogP contribution in [0.5, 0.6) is 0 Å². The number of unbranched alkanes of at least 4 members (excludes halogenated alkanes) is 2. The number of nitrogens with two attached hydrogens (primary N) is 1. The molecule has 1 aliphatic carbocycles. The molecular weight excluding hydrogens is 390 g/mol. The minimum atomic E-state index is -0.535. The van der Waals surface area contributed by atoms with Crippen molar-refractivity contribution in [2.24, 2.45) is 5.92 Å². The molecule has 4 nitrogen and oxygen atoms in total. The highest BCUT2D eigenvalue weighted by Crippen LogP contribution is 2.34. The van der Waals surface area contributed by atoms with Gasteiger partial charge in [-0.1, -0.05) is 6.42 Å². The van der Waals surface area contributed by atoms with Gasteiger partial charge in [-0.05, 0) is 62.0 Å². The maximum Gasteiger partial charge on any atom is 0.151 e. The summed E-state index contributed by atoms with van der Waals surface area (Å²) in [5.74, 6) is 2.17. The van der Waals surface area contributed by atoms with E-state index < -0.39 is 11.6 Å². The first-order chi connectivity index (χ1) is 14.0. The molecule has 0 atom stereocenters. The molecular formula is C22H26F2N4S. The molecule has 0 aliphatic heterocycles. The van der Waals surface area contributed by atoms with E-state index in [9.17, 15) is 8.78 Å². The zero-order valence-corrected chi connectivity index (χ0v) is 17.4. The van der Waals surface area contributed by atoms with E-state index in [0.29, 0.717) is 10.7 Å². The van der Waals surface area contributed by atoms with E-state index in [1.54, 1.807) is 0 Å². The van der Waals surface area contributed by atoms with Crippen LogP contribution in [0.3, 0.4) is 0 Å². The fourth-order valence-electron chi connectivity index (χ4n) is 3.67. The molecule has 0 radical (unpaired) electrons. The Morgan fingerprint density at radius 1 is 1.21 bits per heavy atom. The number of aryl methyl sites for hydroxylation is 2. The van der Waals surface area contributed by atoms with Crippen LogP contribution in [0.2, 0.25) is 0 Å². The Balaban J connectivity index is 1.36. The van der Waals surface area contributed by atoms with Crippen molar-refractivity contribution in [3.05, 3.63) is 47.4 Å². The molecule has 1 aliphatic rings.